The van der Waals surface area contributed by atoms with Gasteiger partial charge in [-0.3, -0.25) is 9.79 Å². The van der Waals surface area contributed by atoms with Crippen molar-refractivity contribution in [3.8, 4) is 0 Å². The number of rotatable bonds is 2. The largest absolute Gasteiger partial charge is 0.457 e. The highest BCUT2D eigenvalue weighted by atomic mass is 32.2. The Kier molecular flexibility index (Phi) is 4.39. The minimum Gasteiger partial charge on any atom is -0.457 e. The number of likely N-dealkylation sites (tertiary alicyclic amines) is 1. The normalized spacial score (nSPS) is 39.1. The van der Waals surface area contributed by atoms with E-state index in [0.717, 1.165) is 31.1 Å². The van der Waals surface area contributed by atoms with E-state index in [0.29, 0.717) is 0 Å². The molecule has 2 fully saturated rings. The molecule has 0 bridgehead atoms. The number of hydrogen-bond acceptors (Lipinski definition) is 8. The van der Waals surface area contributed by atoms with E-state index in [-0.39, 0.29) is 12.0 Å². The molecule has 0 aliphatic carbocycles. The standard InChI is InChI=1S/C13H20N2O5S/c1-7(17)19-11-9-12(20-8(6-16)10(11)18)21-13(14-9)15-4-2-3-5-15/h8-12,16,18H,2-6H2,1H3/t8-,9-,10+,11-,12-/m1/s1. The summed E-state index contributed by atoms with van der Waals surface area (Å²) in [6.45, 7) is 2.92. The van der Waals surface area contributed by atoms with E-state index in [9.17, 15) is 15.0 Å². The Bertz CT molecular complexity index is 440. The van der Waals surface area contributed by atoms with Crippen molar-refractivity contribution in [3.05, 3.63) is 0 Å². The maximum atomic E-state index is 11.3. The van der Waals surface area contributed by atoms with Crippen LogP contribution >= 0.6 is 11.8 Å². The molecule has 2 N–H and O–H groups in total. The molecule has 0 unspecified atom stereocenters. The van der Waals surface area contributed by atoms with Crippen LogP contribution in [0.5, 0.6) is 0 Å². The third-order valence-corrected chi connectivity index (χ3v) is 5.18. The number of aliphatic hydroxyl groups is 2. The molecule has 0 radical (unpaired) electrons. The quantitative estimate of drug-likeness (QED) is 0.668. The van der Waals surface area contributed by atoms with Gasteiger partial charge in [0.15, 0.2) is 11.3 Å². The summed E-state index contributed by atoms with van der Waals surface area (Å²) in [5, 5.41) is 20.4. The molecule has 3 rings (SSSR count). The molecule has 0 amide bonds. The fraction of sp³-hybridized carbons (Fsp3) is 0.846. The second kappa shape index (κ2) is 6.12. The van der Waals surface area contributed by atoms with Crippen molar-refractivity contribution in [2.24, 2.45) is 4.99 Å². The van der Waals surface area contributed by atoms with Gasteiger partial charge in [-0.05, 0) is 12.8 Å². The zero-order valence-electron chi connectivity index (χ0n) is 11.8. The average molecular weight is 316 g/mol. The fourth-order valence-electron chi connectivity index (χ4n) is 2.94. The smallest absolute Gasteiger partial charge is 0.303 e. The number of amidine groups is 1. The summed E-state index contributed by atoms with van der Waals surface area (Å²) in [5.74, 6) is -0.466. The number of nitrogens with zero attached hydrogens (tertiary/aromatic N) is 2. The van der Waals surface area contributed by atoms with Crippen LogP contribution in [0, 0.1) is 0 Å². The predicted octanol–water partition coefficient (Wildman–Crippen LogP) is -0.437. The van der Waals surface area contributed by atoms with Crippen molar-refractivity contribution in [1.29, 1.82) is 0 Å². The van der Waals surface area contributed by atoms with Crippen LogP contribution in [0.1, 0.15) is 19.8 Å². The van der Waals surface area contributed by atoms with Crippen LogP contribution in [-0.4, -0.2) is 75.7 Å². The summed E-state index contributed by atoms with van der Waals surface area (Å²) >= 11 is 1.48. The lowest BCUT2D eigenvalue weighted by molar-refractivity contribution is -0.189. The third-order valence-electron chi connectivity index (χ3n) is 3.98. The molecular weight excluding hydrogens is 296 g/mol. The predicted molar refractivity (Wildman–Crippen MR) is 76.9 cm³/mol. The molecular formula is C13H20N2O5S. The van der Waals surface area contributed by atoms with E-state index in [1.165, 1.54) is 18.7 Å². The SMILES string of the molecule is CC(=O)O[C@H]1[C@@H](O)[C@@H](CO)O[C@@H]2SC(N3CCCC3)=N[C@H]12. The highest BCUT2D eigenvalue weighted by Gasteiger charge is 2.51. The van der Waals surface area contributed by atoms with Gasteiger partial charge in [-0.15, -0.1) is 0 Å². The lowest BCUT2D eigenvalue weighted by Gasteiger charge is -2.39. The molecule has 8 heteroatoms. The first kappa shape index (κ1) is 15.1. The molecule has 3 aliphatic rings. The Morgan fingerprint density at radius 2 is 2.24 bits per heavy atom. The summed E-state index contributed by atoms with van der Waals surface area (Å²) < 4.78 is 10.9. The van der Waals surface area contributed by atoms with Crippen molar-refractivity contribution in [2.75, 3.05) is 19.7 Å². The number of carbonyl (C=O) groups excluding carboxylic acids is 1. The molecule has 3 heterocycles. The van der Waals surface area contributed by atoms with E-state index in [1.807, 2.05) is 0 Å². The number of esters is 1. The average Bonchev–Trinajstić information content (AvgIpc) is 3.09. The summed E-state index contributed by atoms with van der Waals surface area (Å²) in [4.78, 5) is 18.1. The number of carbonyl (C=O) groups is 1. The van der Waals surface area contributed by atoms with Crippen LogP contribution in [0.3, 0.4) is 0 Å². The highest BCUT2D eigenvalue weighted by Crippen LogP contribution is 2.39. The number of hydrogen-bond donors (Lipinski definition) is 2. The molecule has 7 nitrogen and oxygen atoms in total. The Hall–Kier alpha value is -0.830. The van der Waals surface area contributed by atoms with E-state index in [2.05, 4.69) is 9.89 Å². The van der Waals surface area contributed by atoms with Crippen LogP contribution < -0.4 is 0 Å². The van der Waals surface area contributed by atoms with Crippen LogP contribution in [0.25, 0.3) is 0 Å². The Balaban J connectivity index is 1.80. The summed E-state index contributed by atoms with van der Waals surface area (Å²) in [7, 11) is 0. The summed E-state index contributed by atoms with van der Waals surface area (Å²) in [6.07, 6.45) is -0.305. The molecule has 118 valence electrons. The van der Waals surface area contributed by atoms with Crippen molar-refractivity contribution in [3.63, 3.8) is 0 Å². The van der Waals surface area contributed by atoms with Gasteiger partial charge in [-0.1, -0.05) is 11.8 Å². The molecule has 0 aromatic rings. The van der Waals surface area contributed by atoms with E-state index in [4.69, 9.17) is 9.47 Å². The number of thioether (sulfide) groups is 1. The monoisotopic (exact) mass is 316 g/mol. The molecule has 0 saturated carbocycles. The molecule has 0 aromatic carbocycles. The van der Waals surface area contributed by atoms with E-state index in [1.54, 1.807) is 0 Å². The Morgan fingerprint density at radius 1 is 1.52 bits per heavy atom. The second-order valence-electron chi connectivity index (χ2n) is 5.50. The van der Waals surface area contributed by atoms with Crippen molar-refractivity contribution < 1.29 is 24.5 Å². The van der Waals surface area contributed by atoms with Crippen LogP contribution in [-0.2, 0) is 14.3 Å². The molecule has 2 saturated heterocycles. The first-order chi connectivity index (χ1) is 10.1. The van der Waals surface area contributed by atoms with Gasteiger partial charge in [0.2, 0.25) is 0 Å². The molecule has 21 heavy (non-hydrogen) atoms. The highest BCUT2D eigenvalue weighted by molar-refractivity contribution is 8.14. The van der Waals surface area contributed by atoms with Crippen LogP contribution in [0.15, 0.2) is 4.99 Å². The first-order valence-corrected chi connectivity index (χ1v) is 8.09. The zero-order valence-corrected chi connectivity index (χ0v) is 12.7. The van der Waals surface area contributed by atoms with Gasteiger partial charge in [0.25, 0.3) is 0 Å². The maximum Gasteiger partial charge on any atom is 0.303 e. The van der Waals surface area contributed by atoms with Crippen molar-refractivity contribution in [2.45, 2.75) is 49.6 Å². The van der Waals surface area contributed by atoms with Gasteiger partial charge in [0.05, 0.1) is 6.61 Å². The maximum absolute atomic E-state index is 11.3. The molecule has 0 aromatic heterocycles. The van der Waals surface area contributed by atoms with Gasteiger partial charge in [0, 0.05) is 20.0 Å². The Labute approximate surface area is 127 Å². The number of ether oxygens (including phenoxy) is 2. The lowest BCUT2D eigenvalue weighted by atomic mass is 9.98. The minimum atomic E-state index is -1.07. The molecule has 5 atom stereocenters. The summed E-state index contributed by atoms with van der Waals surface area (Å²) in [5.41, 5.74) is -0.328. The van der Waals surface area contributed by atoms with Crippen LogP contribution in [0.2, 0.25) is 0 Å². The first-order valence-electron chi connectivity index (χ1n) is 7.21. The molecule has 3 aliphatic heterocycles. The number of fused-ring (bicyclic) bond motifs is 1. The van der Waals surface area contributed by atoms with Crippen molar-refractivity contribution >= 4 is 22.9 Å². The minimum absolute atomic E-state index is 0.318. The third kappa shape index (κ3) is 2.90. The van der Waals surface area contributed by atoms with Gasteiger partial charge in [-0.25, -0.2) is 0 Å². The Morgan fingerprint density at radius 3 is 2.86 bits per heavy atom. The van der Waals surface area contributed by atoms with Gasteiger partial charge in [-0.2, -0.15) is 0 Å². The lowest BCUT2D eigenvalue weighted by Crippen LogP contribution is -2.57. The van der Waals surface area contributed by atoms with Gasteiger partial charge < -0.3 is 24.6 Å². The van der Waals surface area contributed by atoms with Crippen molar-refractivity contribution in [1.82, 2.24) is 4.90 Å². The number of aliphatic hydroxyl groups excluding tert-OH is 2. The van der Waals surface area contributed by atoms with E-state index < -0.39 is 30.3 Å². The zero-order chi connectivity index (χ0) is 15.0. The van der Waals surface area contributed by atoms with Gasteiger partial charge >= 0.3 is 5.97 Å². The fourth-order valence-corrected chi connectivity index (χ4v) is 4.22. The van der Waals surface area contributed by atoms with Crippen LogP contribution in [0.4, 0.5) is 0 Å². The molecule has 0 spiro atoms. The van der Waals surface area contributed by atoms with E-state index >= 15 is 0 Å². The second-order valence-corrected chi connectivity index (χ2v) is 6.57. The topological polar surface area (TPSA) is 91.6 Å². The summed E-state index contributed by atoms with van der Waals surface area (Å²) in [6, 6.07) is -0.424. The van der Waals surface area contributed by atoms with Gasteiger partial charge in [0.1, 0.15) is 23.7 Å². The number of aliphatic imine (C=N–C) groups is 1.